The molecule has 0 saturated heterocycles. The Morgan fingerprint density at radius 1 is 1.05 bits per heavy atom. The summed E-state index contributed by atoms with van der Waals surface area (Å²) in [6, 6.07) is 0. The summed E-state index contributed by atoms with van der Waals surface area (Å²) in [4.78, 5) is 32.3. The number of carbonyl (C=O) groups is 2. The van der Waals surface area contributed by atoms with Crippen LogP contribution in [0.1, 0.15) is 107 Å². The third-order valence-corrected chi connectivity index (χ3v) is 14.5. The second-order valence-corrected chi connectivity index (χ2v) is 16.8. The predicted molar refractivity (Wildman–Crippen MR) is 176 cm³/mol. The Kier molecular flexibility index (Phi) is 8.36. The van der Waals surface area contributed by atoms with E-state index in [0.29, 0.717) is 24.2 Å². The van der Waals surface area contributed by atoms with Crippen LogP contribution in [0.3, 0.4) is 0 Å². The highest BCUT2D eigenvalue weighted by atomic mass is 16.5. The number of amides is 1. The molecule has 5 aliphatic carbocycles. The summed E-state index contributed by atoms with van der Waals surface area (Å²) in [5.41, 5.74) is 7.43. The van der Waals surface area contributed by atoms with E-state index in [-0.39, 0.29) is 57.5 Å². The SMILES string of the molecule is CC(=O)OC1CC(C(=O)NC(N)=NC(=N)N(C)C)C2(C)C(CCC3(C)C2CC=C2C4C(CCC(C)C4C)CCC23C)C1(C)C. The molecule has 11 unspecified atom stereocenters. The van der Waals surface area contributed by atoms with Gasteiger partial charge in [-0.25, -0.2) is 0 Å². The number of nitrogens with zero attached hydrogens (tertiary/aromatic N) is 2. The Bertz CT molecular complexity index is 1250. The van der Waals surface area contributed by atoms with Crippen LogP contribution >= 0.6 is 0 Å². The topological polar surface area (TPSA) is 121 Å². The molecule has 5 aliphatic rings. The minimum atomic E-state index is -0.416. The van der Waals surface area contributed by atoms with E-state index in [1.54, 1.807) is 19.7 Å². The first-order chi connectivity index (χ1) is 20.4. The summed E-state index contributed by atoms with van der Waals surface area (Å²) >= 11 is 0. The van der Waals surface area contributed by atoms with Crippen molar-refractivity contribution >= 4 is 23.8 Å². The van der Waals surface area contributed by atoms with Crippen LogP contribution in [-0.2, 0) is 14.3 Å². The number of aliphatic imine (C=N–C) groups is 1. The van der Waals surface area contributed by atoms with E-state index < -0.39 is 5.92 Å². The lowest BCUT2D eigenvalue weighted by atomic mass is 9.33. The van der Waals surface area contributed by atoms with Gasteiger partial charge in [-0.05, 0) is 96.7 Å². The summed E-state index contributed by atoms with van der Waals surface area (Å²) in [6.45, 7) is 18.4. The Morgan fingerprint density at radius 2 is 1.73 bits per heavy atom. The zero-order valence-corrected chi connectivity index (χ0v) is 29.0. The second kappa shape index (κ2) is 11.2. The maximum Gasteiger partial charge on any atom is 0.302 e. The molecular weight excluding hydrogens is 550 g/mol. The van der Waals surface area contributed by atoms with Crippen molar-refractivity contribution in [3.63, 3.8) is 0 Å². The molecule has 4 fully saturated rings. The molecule has 0 aromatic rings. The van der Waals surface area contributed by atoms with Crippen molar-refractivity contribution in [2.24, 2.45) is 73.8 Å². The number of carbonyl (C=O) groups excluding carboxylic acids is 2. The van der Waals surface area contributed by atoms with Gasteiger partial charge in [0.25, 0.3) is 0 Å². The predicted octanol–water partition coefficient (Wildman–Crippen LogP) is 6.36. The average Bonchev–Trinajstić information content (AvgIpc) is 2.92. The molecule has 1 amide bonds. The van der Waals surface area contributed by atoms with Crippen LogP contribution in [0.4, 0.5) is 0 Å². The summed E-state index contributed by atoms with van der Waals surface area (Å²) in [6.07, 6.45) is 11.0. The van der Waals surface area contributed by atoms with E-state index in [1.165, 1.54) is 37.5 Å². The van der Waals surface area contributed by atoms with Crippen molar-refractivity contribution in [2.75, 3.05) is 14.1 Å². The molecule has 0 heterocycles. The average molecular weight is 610 g/mol. The number of esters is 1. The molecule has 4 saturated carbocycles. The monoisotopic (exact) mass is 609 g/mol. The number of hydrogen-bond donors (Lipinski definition) is 3. The number of rotatable bonds is 2. The van der Waals surface area contributed by atoms with Crippen LogP contribution in [0.5, 0.6) is 0 Å². The quantitative estimate of drug-likeness (QED) is 0.146. The molecule has 246 valence electrons. The maximum absolute atomic E-state index is 14.4. The fourth-order valence-corrected chi connectivity index (χ4v) is 11.7. The number of guanidine groups is 2. The number of fused-ring (bicyclic) bond motifs is 7. The first-order valence-corrected chi connectivity index (χ1v) is 17.2. The highest BCUT2D eigenvalue weighted by Gasteiger charge is 2.70. The lowest BCUT2D eigenvalue weighted by Crippen LogP contribution is -2.68. The van der Waals surface area contributed by atoms with Crippen molar-refractivity contribution in [1.82, 2.24) is 10.2 Å². The van der Waals surface area contributed by atoms with Crippen LogP contribution in [-0.4, -0.2) is 48.9 Å². The lowest BCUT2D eigenvalue weighted by molar-refractivity contribution is -0.230. The van der Waals surface area contributed by atoms with E-state index in [9.17, 15) is 9.59 Å². The lowest BCUT2D eigenvalue weighted by Gasteiger charge is -2.71. The van der Waals surface area contributed by atoms with Gasteiger partial charge in [0.05, 0.1) is 0 Å². The fourth-order valence-electron chi connectivity index (χ4n) is 11.7. The van der Waals surface area contributed by atoms with Crippen molar-refractivity contribution < 1.29 is 14.3 Å². The molecule has 0 radical (unpaired) electrons. The van der Waals surface area contributed by atoms with Gasteiger partial charge < -0.3 is 15.4 Å². The zero-order chi connectivity index (χ0) is 32.6. The van der Waals surface area contributed by atoms with Gasteiger partial charge in [-0.2, -0.15) is 4.99 Å². The minimum Gasteiger partial charge on any atom is -0.462 e. The van der Waals surface area contributed by atoms with Gasteiger partial charge in [-0.3, -0.25) is 20.3 Å². The zero-order valence-electron chi connectivity index (χ0n) is 29.0. The molecule has 8 heteroatoms. The molecule has 44 heavy (non-hydrogen) atoms. The number of hydrogen-bond acceptors (Lipinski definition) is 4. The summed E-state index contributed by atoms with van der Waals surface area (Å²) in [7, 11) is 3.44. The van der Waals surface area contributed by atoms with Gasteiger partial charge in [0.2, 0.25) is 17.8 Å². The molecule has 8 nitrogen and oxygen atoms in total. The molecule has 0 bridgehead atoms. The normalized spacial score (nSPS) is 44.5. The summed E-state index contributed by atoms with van der Waals surface area (Å²) < 4.78 is 6.00. The highest BCUT2D eigenvalue weighted by Crippen LogP contribution is 2.75. The summed E-state index contributed by atoms with van der Waals surface area (Å²) in [5, 5.41) is 11.0. The standard InChI is InChI=1S/C36H59N5O3/c1-20-11-12-23-15-17-34(6)24(29(23)21(20)2)13-14-27-35(34,7)18-16-26-33(4,5)28(44-22(3)42)19-25(36(26,27)8)30(43)39-31(37)40-32(38)41(9)10/h13,20-21,23,25-29H,11-12,14-19H2,1-10H3,(H4,37,38,39,40,43). The highest BCUT2D eigenvalue weighted by molar-refractivity contribution is 6.02. The summed E-state index contributed by atoms with van der Waals surface area (Å²) in [5.74, 6) is 2.39. The van der Waals surface area contributed by atoms with Crippen LogP contribution in [0.25, 0.3) is 0 Å². The van der Waals surface area contributed by atoms with Crippen molar-refractivity contribution in [3.8, 4) is 0 Å². The van der Waals surface area contributed by atoms with Crippen LogP contribution in [0, 0.1) is 68.5 Å². The molecule has 0 spiro atoms. The van der Waals surface area contributed by atoms with E-state index in [4.69, 9.17) is 15.9 Å². The van der Waals surface area contributed by atoms with Gasteiger partial charge in [0, 0.05) is 32.4 Å². The van der Waals surface area contributed by atoms with E-state index in [0.717, 1.165) is 31.1 Å². The Hall–Kier alpha value is -2.38. The van der Waals surface area contributed by atoms with Crippen molar-refractivity contribution in [1.29, 1.82) is 5.41 Å². The molecule has 11 atom stereocenters. The van der Waals surface area contributed by atoms with Gasteiger partial charge in [-0.1, -0.05) is 66.5 Å². The Balaban J connectivity index is 1.59. The largest absolute Gasteiger partial charge is 0.462 e. The number of nitrogens with one attached hydrogen (secondary N) is 2. The van der Waals surface area contributed by atoms with Crippen LogP contribution in [0.15, 0.2) is 16.6 Å². The first-order valence-electron chi connectivity index (χ1n) is 17.2. The van der Waals surface area contributed by atoms with E-state index in [2.05, 4.69) is 64.9 Å². The number of allylic oxidation sites excluding steroid dienone is 2. The maximum atomic E-state index is 14.4. The van der Waals surface area contributed by atoms with Crippen LogP contribution < -0.4 is 11.1 Å². The van der Waals surface area contributed by atoms with Crippen LogP contribution in [0.2, 0.25) is 0 Å². The Labute approximate surface area is 265 Å². The van der Waals surface area contributed by atoms with Gasteiger partial charge >= 0.3 is 5.97 Å². The third kappa shape index (κ3) is 4.83. The number of nitrogens with two attached hydrogens (primary N) is 1. The Morgan fingerprint density at radius 3 is 2.36 bits per heavy atom. The first kappa shape index (κ1) is 33.0. The number of ether oxygens (including phenoxy) is 1. The molecule has 0 aromatic heterocycles. The molecule has 0 aromatic carbocycles. The molecule has 0 aliphatic heterocycles. The smallest absolute Gasteiger partial charge is 0.302 e. The van der Waals surface area contributed by atoms with Crippen molar-refractivity contribution in [3.05, 3.63) is 11.6 Å². The van der Waals surface area contributed by atoms with Gasteiger partial charge in [0.15, 0.2) is 0 Å². The molecule has 5 rings (SSSR count). The minimum absolute atomic E-state index is 0.0283. The second-order valence-electron chi connectivity index (χ2n) is 16.8. The fraction of sp³-hybridized carbons (Fsp3) is 0.833. The van der Waals surface area contributed by atoms with Gasteiger partial charge in [-0.15, -0.1) is 0 Å². The third-order valence-electron chi connectivity index (χ3n) is 14.5. The molecule has 4 N–H and O–H groups in total. The van der Waals surface area contributed by atoms with E-state index >= 15 is 0 Å². The van der Waals surface area contributed by atoms with E-state index in [1.807, 2.05) is 0 Å². The van der Waals surface area contributed by atoms with Gasteiger partial charge in [0.1, 0.15) is 6.10 Å². The van der Waals surface area contributed by atoms with Crippen molar-refractivity contribution in [2.45, 2.75) is 113 Å². The molecular formula is C36H59N5O3.